The molecule has 0 amide bonds. The van der Waals surface area contributed by atoms with Crippen molar-refractivity contribution in [1.29, 1.82) is 0 Å². The molecule has 0 radical (unpaired) electrons. The van der Waals surface area contributed by atoms with Crippen LogP contribution in [-0.4, -0.2) is 37.2 Å². The standard InChI is InChI=1S/C56H94O6/c1-4-7-10-13-16-19-22-25-26-27-28-29-30-32-34-37-40-43-46-49-55(58)61-52-53(51-60-54(57)48-45-42-39-36-33-24-21-18-15-12-9-6-3)62-56(59)50-47-44-41-38-35-31-23-20-17-14-11-8-5-2/h8-9,11-12,14,17-18,20-21,23,27-28,31,35,53H,4-7,10,13,15-16,19,22,24-26,29-30,32-34,36-52H2,1-3H3/b11-8-,12-9-,17-14-,21-18-,23-20-,28-27-,35-31-. The Bertz CT molecular complexity index is 1220. The second kappa shape index (κ2) is 50.2. The first-order valence-electron chi connectivity index (χ1n) is 25.6. The Balaban J connectivity index is 4.40. The third-order valence-electron chi connectivity index (χ3n) is 10.7. The highest BCUT2D eigenvalue weighted by Crippen LogP contribution is 2.14. The number of allylic oxidation sites excluding steroid dienone is 14. The Kier molecular flexibility index (Phi) is 47.5. The average molecular weight is 863 g/mol. The lowest BCUT2D eigenvalue weighted by molar-refractivity contribution is -0.167. The van der Waals surface area contributed by atoms with Crippen LogP contribution in [0.1, 0.15) is 233 Å². The van der Waals surface area contributed by atoms with Gasteiger partial charge in [0.1, 0.15) is 13.2 Å². The van der Waals surface area contributed by atoms with E-state index in [1.54, 1.807) is 0 Å². The normalized spacial score (nSPS) is 12.8. The molecule has 0 N–H and O–H groups in total. The van der Waals surface area contributed by atoms with Gasteiger partial charge in [-0.25, -0.2) is 0 Å². The number of carbonyl (C=O) groups is 3. The average Bonchev–Trinajstić information content (AvgIpc) is 3.27. The van der Waals surface area contributed by atoms with Gasteiger partial charge in [-0.15, -0.1) is 0 Å². The van der Waals surface area contributed by atoms with E-state index >= 15 is 0 Å². The number of esters is 3. The maximum atomic E-state index is 12.8. The van der Waals surface area contributed by atoms with E-state index < -0.39 is 6.10 Å². The van der Waals surface area contributed by atoms with Gasteiger partial charge in [-0.1, -0.05) is 209 Å². The molecular weight excluding hydrogens is 769 g/mol. The summed E-state index contributed by atoms with van der Waals surface area (Å²) in [6.07, 6.45) is 64.3. The Labute approximate surface area is 382 Å². The van der Waals surface area contributed by atoms with Gasteiger partial charge in [0.15, 0.2) is 6.10 Å². The van der Waals surface area contributed by atoms with Crippen molar-refractivity contribution in [3.05, 3.63) is 85.1 Å². The van der Waals surface area contributed by atoms with Crippen LogP contribution < -0.4 is 0 Å². The fourth-order valence-corrected chi connectivity index (χ4v) is 6.90. The maximum absolute atomic E-state index is 12.8. The minimum Gasteiger partial charge on any atom is -0.462 e. The lowest BCUT2D eigenvalue weighted by Crippen LogP contribution is -2.30. The summed E-state index contributed by atoms with van der Waals surface area (Å²) in [5.74, 6) is -0.961. The summed E-state index contributed by atoms with van der Waals surface area (Å²) < 4.78 is 16.7. The Morgan fingerprint density at radius 1 is 0.355 bits per heavy atom. The summed E-state index contributed by atoms with van der Waals surface area (Å²) in [6, 6.07) is 0. The first kappa shape index (κ1) is 58.6. The fraction of sp³-hybridized carbons (Fsp3) is 0.696. The molecule has 354 valence electrons. The zero-order valence-electron chi connectivity index (χ0n) is 40.4. The smallest absolute Gasteiger partial charge is 0.306 e. The van der Waals surface area contributed by atoms with Crippen molar-refractivity contribution < 1.29 is 28.6 Å². The zero-order valence-corrected chi connectivity index (χ0v) is 40.4. The zero-order chi connectivity index (χ0) is 45.1. The first-order chi connectivity index (χ1) is 30.5. The minimum atomic E-state index is -0.804. The molecule has 0 aromatic carbocycles. The topological polar surface area (TPSA) is 78.9 Å². The van der Waals surface area contributed by atoms with E-state index in [9.17, 15) is 14.4 Å². The number of hydrogen-bond donors (Lipinski definition) is 0. The molecule has 0 heterocycles. The van der Waals surface area contributed by atoms with Crippen LogP contribution >= 0.6 is 0 Å². The molecule has 0 aliphatic heterocycles. The van der Waals surface area contributed by atoms with Crippen LogP contribution in [0.5, 0.6) is 0 Å². The van der Waals surface area contributed by atoms with Crippen molar-refractivity contribution in [1.82, 2.24) is 0 Å². The molecule has 0 saturated carbocycles. The van der Waals surface area contributed by atoms with Crippen molar-refractivity contribution in [3.63, 3.8) is 0 Å². The van der Waals surface area contributed by atoms with E-state index in [0.29, 0.717) is 19.3 Å². The van der Waals surface area contributed by atoms with Crippen LogP contribution in [-0.2, 0) is 28.6 Å². The van der Waals surface area contributed by atoms with Crippen molar-refractivity contribution in [3.8, 4) is 0 Å². The Morgan fingerprint density at radius 3 is 1.19 bits per heavy atom. The van der Waals surface area contributed by atoms with Crippen LogP contribution in [0.15, 0.2) is 85.1 Å². The molecule has 6 heteroatoms. The van der Waals surface area contributed by atoms with Gasteiger partial charge in [-0.2, -0.15) is 0 Å². The predicted molar refractivity (Wildman–Crippen MR) is 265 cm³/mol. The molecule has 0 saturated heterocycles. The number of ether oxygens (including phenoxy) is 3. The maximum Gasteiger partial charge on any atom is 0.306 e. The van der Waals surface area contributed by atoms with Crippen LogP contribution in [0, 0.1) is 0 Å². The summed E-state index contributed by atoms with van der Waals surface area (Å²) in [6.45, 7) is 6.33. The fourth-order valence-electron chi connectivity index (χ4n) is 6.90. The number of unbranched alkanes of at least 4 members (excludes halogenated alkanes) is 23. The van der Waals surface area contributed by atoms with Crippen LogP contribution in [0.3, 0.4) is 0 Å². The first-order valence-corrected chi connectivity index (χ1v) is 25.6. The quantitative estimate of drug-likeness (QED) is 0.0199. The van der Waals surface area contributed by atoms with Gasteiger partial charge in [0, 0.05) is 19.3 Å². The molecular formula is C56H94O6. The van der Waals surface area contributed by atoms with Gasteiger partial charge in [0.05, 0.1) is 0 Å². The van der Waals surface area contributed by atoms with Crippen molar-refractivity contribution in [2.24, 2.45) is 0 Å². The molecule has 0 aromatic rings. The molecule has 0 bridgehead atoms. The molecule has 0 aliphatic carbocycles. The monoisotopic (exact) mass is 863 g/mol. The summed E-state index contributed by atoms with van der Waals surface area (Å²) in [7, 11) is 0. The highest BCUT2D eigenvalue weighted by Gasteiger charge is 2.19. The van der Waals surface area contributed by atoms with Crippen molar-refractivity contribution in [2.75, 3.05) is 13.2 Å². The van der Waals surface area contributed by atoms with E-state index in [1.807, 2.05) is 36.5 Å². The van der Waals surface area contributed by atoms with E-state index in [2.05, 4.69) is 69.4 Å². The second-order valence-corrected chi connectivity index (χ2v) is 16.8. The lowest BCUT2D eigenvalue weighted by Gasteiger charge is -2.18. The molecule has 0 fully saturated rings. The third kappa shape index (κ3) is 47.6. The van der Waals surface area contributed by atoms with Gasteiger partial charge in [0.2, 0.25) is 0 Å². The largest absolute Gasteiger partial charge is 0.462 e. The predicted octanol–water partition coefficient (Wildman–Crippen LogP) is 16.8. The number of carbonyl (C=O) groups excluding carboxylic acids is 3. The van der Waals surface area contributed by atoms with Crippen molar-refractivity contribution in [2.45, 2.75) is 239 Å². The summed E-state index contributed by atoms with van der Waals surface area (Å²) >= 11 is 0. The SMILES string of the molecule is CC\C=C/C=C\C=C/C=C\CCCCCC(=O)OC(COC(=O)CCCCCCC/C=C\C/C=C\CC)COC(=O)CCCCCCCCC/C=C\CCCCCCCCCC. The van der Waals surface area contributed by atoms with E-state index in [0.717, 1.165) is 96.3 Å². The highest BCUT2D eigenvalue weighted by molar-refractivity contribution is 5.71. The van der Waals surface area contributed by atoms with Crippen LogP contribution in [0.2, 0.25) is 0 Å². The second-order valence-electron chi connectivity index (χ2n) is 16.8. The molecule has 6 nitrogen and oxygen atoms in total. The van der Waals surface area contributed by atoms with Gasteiger partial charge in [0.25, 0.3) is 0 Å². The van der Waals surface area contributed by atoms with Gasteiger partial charge >= 0.3 is 17.9 Å². The third-order valence-corrected chi connectivity index (χ3v) is 10.7. The lowest BCUT2D eigenvalue weighted by atomic mass is 10.1. The minimum absolute atomic E-state index is 0.100. The number of hydrogen-bond acceptors (Lipinski definition) is 6. The van der Waals surface area contributed by atoms with Gasteiger partial charge in [-0.05, 0) is 89.9 Å². The van der Waals surface area contributed by atoms with E-state index in [4.69, 9.17) is 14.2 Å². The summed E-state index contributed by atoms with van der Waals surface area (Å²) in [4.78, 5) is 37.9. The van der Waals surface area contributed by atoms with Gasteiger partial charge in [-0.3, -0.25) is 14.4 Å². The number of rotatable bonds is 45. The summed E-state index contributed by atoms with van der Waals surface area (Å²) in [5, 5.41) is 0. The van der Waals surface area contributed by atoms with Crippen LogP contribution in [0.4, 0.5) is 0 Å². The molecule has 1 atom stereocenters. The molecule has 0 rings (SSSR count). The van der Waals surface area contributed by atoms with E-state index in [1.165, 1.54) is 89.9 Å². The molecule has 0 aromatic heterocycles. The van der Waals surface area contributed by atoms with Crippen LogP contribution in [0.25, 0.3) is 0 Å². The Hall–Kier alpha value is -3.41. The highest BCUT2D eigenvalue weighted by atomic mass is 16.6. The molecule has 0 spiro atoms. The molecule has 1 unspecified atom stereocenters. The Morgan fingerprint density at radius 2 is 0.710 bits per heavy atom. The summed E-state index contributed by atoms with van der Waals surface area (Å²) in [5.41, 5.74) is 0. The van der Waals surface area contributed by atoms with Gasteiger partial charge < -0.3 is 14.2 Å². The molecule has 62 heavy (non-hydrogen) atoms. The van der Waals surface area contributed by atoms with Crippen molar-refractivity contribution >= 4 is 17.9 Å². The van der Waals surface area contributed by atoms with E-state index in [-0.39, 0.29) is 37.5 Å². The molecule has 0 aliphatic rings.